The molecule has 0 atom stereocenters. The Bertz CT molecular complexity index is 788. The van der Waals surface area contributed by atoms with Gasteiger partial charge in [-0.15, -0.1) is 0 Å². The molecule has 3 rings (SSSR count). The minimum absolute atomic E-state index is 0.208. The van der Waals surface area contributed by atoms with Crippen LogP contribution in [-0.2, 0) is 6.54 Å². The Hall–Kier alpha value is -2.95. The van der Waals surface area contributed by atoms with Gasteiger partial charge in [-0.3, -0.25) is 4.98 Å². The first kappa shape index (κ1) is 13.1. The summed E-state index contributed by atoms with van der Waals surface area (Å²) >= 11 is 0. The van der Waals surface area contributed by atoms with Crippen molar-refractivity contribution in [3.8, 4) is 0 Å². The van der Waals surface area contributed by atoms with Crippen LogP contribution in [0.3, 0.4) is 0 Å². The van der Waals surface area contributed by atoms with E-state index in [0.717, 1.165) is 10.9 Å². The molecular formula is C16H13N3O2. The fourth-order valence-corrected chi connectivity index (χ4v) is 2.19. The molecule has 0 aliphatic rings. The molecule has 0 aliphatic heterocycles. The van der Waals surface area contributed by atoms with Crippen LogP contribution >= 0.6 is 0 Å². The number of pyridine rings is 2. The average molecular weight is 279 g/mol. The van der Waals surface area contributed by atoms with Crippen LogP contribution in [0.4, 0.5) is 5.82 Å². The Morgan fingerprint density at radius 1 is 1.10 bits per heavy atom. The lowest BCUT2D eigenvalue weighted by molar-refractivity contribution is 0.0698. The average Bonchev–Trinajstić information content (AvgIpc) is 2.53. The zero-order chi connectivity index (χ0) is 14.7. The first-order valence-electron chi connectivity index (χ1n) is 6.49. The fraction of sp³-hybridized carbons (Fsp3) is 0.0625. The minimum atomic E-state index is -0.973. The van der Waals surface area contributed by atoms with Gasteiger partial charge in [0.15, 0.2) is 0 Å². The highest BCUT2D eigenvalue weighted by molar-refractivity contribution is 6.06. The number of rotatable bonds is 4. The molecule has 0 unspecified atom stereocenters. The second kappa shape index (κ2) is 5.58. The van der Waals surface area contributed by atoms with Crippen LogP contribution < -0.4 is 5.32 Å². The van der Waals surface area contributed by atoms with E-state index in [1.165, 1.54) is 6.20 Å². The summed E-state index contributed by atoms with van der Waals surface area (Å²) in [5.41, 5.74) is 1.29. The van der Waals surface area contributed by atoms with E-state index in [0.29, 0.717) is 17.7 Å². The first-order valence-corrected chi connectivity index (χ1v) is 6.49. The molecule has 2 heterocycles. The Morgan fingerprint density at radius 2 is 1.81 bits per heavy atom. The summed E-state index contributed by atoms with van der Waals surface area (Å²) in [6.45, 7) is 0.603. The standard InChI is InChI=1S/C16H13N3O2/c20-16(21)14-10-19-15(13-4-2-1-3-12(13)14)18-9-11-5-7-17-8-6-11/h1-8,10H,9H2,(H,18,19)(H,20,21). The van der Waals surface area contributed by atoms with E-state index in [1.807, 2.05) is 30.3 Å². The Labute approximate surface area is 121 Å². The van der Waals surface area contributed by atoms with E-state index in [9.17, 15) is 9.90 Å². The third-order valence-electron chi connectivity index (χ3n) is 3.23. The highest BCUT2D eigenvalue weighted by Gasteiger charge is 2.11. The highest BCUT2D eigenvalue weighted by Crippen LogP contribution is 2.24. The summed E-state index contributed by atoms with van der Waals surface area (Å²) in [4.78, 5) is 19.4. The van der Waals surface area contributed by atoms with Gasteiger partial charge in [-0.1, -0.05) is 24.3 Å². The van der Waals surface area contributed by atoms with Crippen molar-refractivity contribution in [1.29, 1.82) is 0 Å². The molecule has 104 valence electrons. The third-order valence-corrected chi connectivity index (χ3v) is 3.23. The van der Waals surface area contributed by atoms with E-state index < -0.39 is 5.97 Å². The van der Waals surface area contributed by atoms with E-state index in [1.54, 1.807) is 18.5 Å². The van der Waals surface area contributed by atoms with Crippen molar-refractivity contribution >= 4 is 22.6 Å². The summed E-state index contributed by atoms with van der Waals surface area (Å²) < 4.78 is 0. The van der Waals surface area contributed by atoms with Gasteiger partial charge in [0.1, 0.15) is 5.82 Å². The number of anilines is 1. The number of carbonyl (C=O) groups is 1. The van der Waals surface area contributed by atoms with Crippen molar-refractivity contribution in [3.63, 3.8) is 0 Å². The molecule has 0 amide bonds. The predicted molar refractivity (Wildman–Crippen MR) is 80.3 cm³/mol. The van der Waals surface area contributed by atoms with Crippen molar-refractivity contribution in [3.05, 3.63) is 66.1 Å². The van der Waals surface area contributed by atoms with Gasteiger partial charge in [0.05, 0.1) is 5.56 Å². The summed E-state index contributed by atoms with van der Waals surface area (Å²) in [6.07, 6.45) is 4.85. The first-order chi connectivity index (χ1) is 10.3. The molecule has 5 heteroatoms. The Balaban J connectivity index is 1.96. The molecule has 0 radical (unpaired) electrons. The van der Waals surface area contributed by atoms with Gasteiger partial charge < -0.3 is 10.4 Å². The molecule has 0 bridgehead atoms. The maximum Gasteiger partial charge on any atom is 0.337 e. The molecular weight excluding hydrogens is 266 g/mol. The van der Waals surface area contributed by atoms with Crippen molar-refractivity contribution in [2.24, 2.45) is 0 Å². The SMILES string of the molecule is O=C(O)c1cnc(NCc2ccncc2)c2ccccc12. The normalized spacial score (nSPS) is 10.5. The second-order valence-corrected chi connectivity index (χ2v) is 4.58. The number of benzene rings is 1. The maximum atomic E-state index is 11.2. The van der Waals surface area contributed by atoms with Gasteiger partial charge in [0.25, 0.3) is 0 Å². The molecule has 21 heavy (non-hydrogen) atoms. The number of aromatic nitrogens is 2. The van der Waals surface area contributed by atoms with Gasteiger partial charge in [-0.05, 0) is 17.7 Å². The summed E-state index contributed by atoms with van der Waals surface area (Å²) in [7, 11) is 0. The van der Waals surface area contributed by atoms with Gasteiger partial charge in [0, 0.05) is 35.9 Å². The van der Waals surface area contributed by atoms with Crippen LogP contribution in [0, 0.1) is 0 Å². The quantitative estimate of drug-likeness (QED) is 0.768. The van der Waals surface area contributed by atoms with Crippen LogP contribution in [0.1, 0.15) is 15.9 Å². The zero-order valence-electron chi connectivity index (χ0n) is 11.2. The summed E-state index contributed by atoms with van der Waals surface area (Å²) in [5, 5.41) is 13.9. The number of hydrogen-bond donors (Lipinski definition) is 2. The fourth-order valence-electron chi connectivity index (χ4n) is 2.19. The van der Waals surface area contributed by atoms with Crippen molar-refractivity contribution in [2.45, 2.75) is 6.54 Å². The van der Waals surface area contributed by atoms with Crippen LogP contribution in [0.5, 0.6) is 0 Å². The molecule has 0 saturated heterocycles. The van der Waals surface area contributed by atoms with E-state index >= 15 is 0 Å². The van der Waals surface area contributed by atoms with Crippen molar-refractivity contribution < 1.29 is 9.90 Å². The van der Waals surface area contributed by atoms with Crippen LogP contribution in [0.2, 0.25) is 0 Å². The lowest BCUT2D eigenvalue weighted by Crippen LogP contribution is -2.05. The van der Waals surface area contributed by atoms with E-state index in [2.05, 4.69) is 15.3 Å². The molecule has 1 aromatic carbocycles. The van der Waals surface area contributed by atoms with Crippen LogP contribution in [-0.4, -0.2) is 21.0 Å². The minimum Gasteiger partial charge on any atom is -0.478 e. The van der Waals surface area contributed by atoms with Crippen LogP contribution in [0.15, 0.2) is 55.0 Å². The number of fused-ring (bicyclic) bond motifs is 1. The topological polar surface area (TPSA) is 75.1 Å². The maximum absolute atomic E-state index is 11.2. The van der Waals surface area contributed by atoms with Crippen molar-refractivity contribution in [2.75, 3.05) is 5.32 Å². The summed E-state index contributed by atoms with van der Waals surface area (Å²) in [6, 6.07) is 11.2. The molecule has 0 fully saturated rings. The molecule has 5 nitrogen and oxygen atoms in total. The van der Waals surface area contributed by atoms with Crippen LogP contribution in [0.25, 0.3) is 10.8 Å². The molecule has 2 aromatic heterocycles. The van der Waals surface area contributed by atoms with Gasteiger partial charge in [0.2, 0.25) is 0 Å². The summed E-state index contributed by atoms with van der Waals surface area (Å²) in [5.74, 6) is -0.299. The number of nitrogens with one attached hydrogen (secondary N) is 1. The number of nitrogens with zero attached hydrogens (tertiary/aromatic N) is 2. The second-order valence-electron chi connectivity index (χ2n) is 4.58. The highest BCUT2D eigenvalue weighted by atomic mass is 16.4. The lowest BCUT2D eigenvalue weighted by Gasteiger charge is -2.10. The smallest absolute Gasteiger partial charge is 0.337 e. The Morgan fingerprint density at radius 3 is 2.52 bits per heavy atom. The van der Waals surface area contributed by atoms with Gasteiger partial charge >= 0.3 is 5.97 Å². The predicted octanol–water partition coefficient (Wildman–Crippen LogP) is 2.94. The monoisotopic (exact) mass is 279 g/mol. The number of aromatic carboxylic acids is 1. The van der Waals surface area contributed by atoms with Gasteiger partial charge in [-0.2, -0.15) is 0 Å². The molecule has 0 aliphatic carbocycles. The number of hydrogen-bond acceptors (Lipinski definition) is 4. The lowest BCUT2D eigenvalue weighted by atomic mass is 10.1. The largest absolute Gasteiger partial charge is 0.478 e. The molecule has 0 spiro atoms. The number of carboxylic acids is 1. The molecule has 2 N–H and O–H groups in total. The van der Waals surface area contributed by atoms with E-state index in [4.69, 9.17) is 0 Å². The van der Waals surface area contributed by atoms with E-state index in [-0.39, 0.29) is 5.56 Å². The van der Waals surface area contributed by atoms with Gasteiger partial charge in [-0.25, -0.2) is 9.78 Å². The molecule has 0 saturated carbocycles. The number of carboxylic acid groups (broad SMARTS) is 1. The molecule has 3 aromatic rings. The zero-order valence-corrected chi connectivity index (χ0v) is 11.2. The van der Waals surface area contributed by atoms with Crippen molar-refractivity contribution in [1.82, 2.24) is 9.97 Å². The third kappa shape index (κ3) is 2.67. The Kier molecular flexibility index (Phi) is 3.47.